The van der Waals surface area contributed by atoms with Crippen molar-refractivity contribution in [3.05, 3.63) is 30.1 Å². The lowest BCUT2D eigenvalue weighted by atomic mass is 10.1. The van der Waals surface area contributed by atoms with Gasteiger partial charge in [-0.2, -0.15) is 0 Å². The molecule has 1 fully saturated rings. The summed E-state index contributed by atoms with van der Waals surface area (Å²) in [6.45, 7) is 3.06. The third-order valence-electron chi connectivity index (χ3n) is 2.87. The number of aromatic nitrogens is 1. The highest BCUT2D eigenvalue weighted by molar-refractivity contribution is 6.18. The number of amides is 1. The first-order valence-electron chi connectivity index (χ1n) is 5.61. The Labute approximate surface area is 106 Å². The zero-order valence-corrected chi connectivity index (χ0v) is 10.4. The third kappa shape index (κ3) is 2.76. The van der Waals surface area contributed by atoms with E-state index < -0.39 is 0 Å². The van der Waals surface area contributed by atoms with Crippen molar-refractivity contribution in [3.8, 4) is 0 Å². The Morgan fingerprint density at radius 1 is 1.59 bits per heavy atom. The standard InChI is InChI=1S/C12H15ClN2O2/c1-9-8-17-11(6-13)7-15(9)12(16)10-2-4-14-5-3-10/h2-5,9,11H,6-8H2,1H3. The van der Waals surface area contributed by atoms with Gasteiger partial charge in [0.25, 0.3) is 5.91 Å². The monoisotopic (exact) mass is 254 g/mol. The van der Waals surface area contributed by atoms with Crippen molar-refractivity contribution in [2.75, 3.05) is 19.0 Å². The Morgan fingerprint density at radius 2 is 2.29 bits per heavy atom. The predicted molar refractivity (Wildman–Crippen MR) is 65.2 cm³/mol. The normalized spacial score (nSPS) is 24.7. The van der Waals surface area contributed by atoms with Crippen LogP contribution in [0, 0.1) is 0 Å². The fraction of sp³-hybridized carbons (Fsp3) is 0.500. The molecule has 0 aliphatic carbocycles. The second-order valence-electron chi connectivity index (χ2n) is 4.15. The van der Waals surface area contributed by atoms with E-state index in [2.05, 4.69) is 4.98 Å². The molecule has 0 saturated carbocycles. The molecule has 0 radical (unpaired) electrons. The average Bonchev–Trinajstić information content (AvgIpc) is 2.39. The summed E-state index contributed by atoms with van der Waals surface area (Å²) < 4.78 is 5.52. The summed E-state index contributed by atoms with van der Waals surface area (Å²) in [5.41, 5.74) is 0.655. The highest BCUT2D eigenvalue weighted by atomic mass is 35.5. The Balaban J connectivity index is 2.12. The van der Waals surface area contributed by atoms with Gasteiger partial charge in [-0.05, 0) is 19.1 Å². The fourth-order valence-electron chi connectivity index (χ4n) is 1.85. The molecule has 1 amide bonds. The van der Waals surface area contributed by atoms with Gasteiger partial charge >= 0.3 is 0 Å². The molecule has 5 heteroatoms. The van der Waals surface area contributed by atoms with Gasteiger partial charge in [0.15, 0.2) is 0 Å². The number of carbonyl (C=O) groups excluding carboxylic acids is 1. The van der Waals surface area contributed by atoms with Crippen molar-refractivity contribution in [3.63, 3.8) is 0 Å². The van der Waals surface area contributed by atoms with Crippen LogP contribution in [0.1, 0.15) is 17.3 Å². The lowest BCUT2D eigenvalue weighted by Gasteiger charge is -2.37. The van der Waals surface area contributed by atoms with Crippen molar-refractivity contribution in [1.82, 2.24) is 9.88 Å². The van der Waals surface area contributed by atoms with Gasteiger partial charge in [0, 0.05) is 24.5 Å². The van der Waals surface area contributed by atoms with Gasteiger partial charge in [-0.1, -0.05) is 0 Å². The van der Waals surface area contributed by atoms with Crippen LogP contribution in [0.5, 0.6) is 0 Å². The minimum absolute atomic E-state index is 0.0123. The van der Waals surface area contributed by atoms with Crippen LogP contribution >= 0.6 is 11.6 Å². The van der Waals surface area contributed by atoms with E-state index in [-0.39, 0.29) is 18.1 Å². The number of nitrogens with zero attached hydrogens (tertiary/aromatic N) is 2. The largest absolute Gasteiger partial charge is 0.373 e. The van der Waals surface area contributed by atoms with Crippen molar-refractivity contribution < 1.29 is 9.53 Å². The minimum atomic E-state index is -0.0707. The average molecular weight is 255 g/mol. The number of ether oxygens (including phenoxy) is 1. The number of rotatable bonds is 2. The number of morpholine rings is 1. The Hall–Kier alpha value is -1.13. The summed E-state index contributed by atoms with van der Waals surface area (Å²) in [4.78, 5) is 18.0. The zero-order chi connectivity index (χ0) is 12.3. The molecule has 1 aliphatic rings. The van der Waals surface area contributed by atoms with Gasteiger partial charge in [0.05, 0.1) is 24.6 Å². The third-order valence-corrected chi connectivity index (χ3v) is 3.21. The summed E-state index contributed by atoms with van der Waals surface area (Å²) in [7, 11) is 0. The number of hydrogen-bond donors (Lipinski definition) is 0. The van der Waals surface area contributed by atoms with E-state index in [0.717, 1.165) is 0 Å². The summed E-state index contributed by atoms with van der Waals surface area (Å²) in [5, 5.41) is 0. The van der Waals surface area contributed by atoms with Crippen LogP contribution in [0.25, 0.3) is 0 Å². The molecule has 1 aromatic rings. The maximum absolute atomic E-state index is 12.3. The number of alkyl halides is 1. The van der Waals surface area contributed by atoms with Gasteiger partial charge in [-0.25, -0.2) is 0 Å². The molecule has 1 aromatic heterocycles. The highest BCUT2D eigenvalue weighted by Gasteiger charge is 2.29. The van der Waals surface area contributed by atoms with E-state index >= 15 is 0 Å². The highest BCUT2D eigenvalue weighted by Crippen LogP contribution is 2.16. The quantitative estimate of drug-likeness (QED) is 0.752. The van der Waals surface area contributed by atoms with E-state index in [1.165, 1.54) is 0 Å². The molecule has 17 heavy (non-hydrogen) atoms. The second kappa shape index (κ2) is 5.47. The van der Waals surface area contributed by atoms with Gasteiger partial charge in [-0.3, -0.25) is 9.78 Å². The van der Waals surface area contributed by atoms with Crippen LogP contribution in [0.15, 0.2) is 24.5 Å². The van der Waals surface area contributed by atoms with Gasteiger partial charge in [0.1, 0.15) is 0 Å². The first-order valence-corrected chi connectivity index (χ1v) is 6.14. The molecule has 0 spiro atoms. The minimum Gasteiger partial charge on any atom is -0.373 e. The molecule has 1 saturated heterocycles. The van der Waals surface area contributed by atoms with Crippen molar-refractivity contribution >= 4 is 17.5 Å². The van der Waals surface area contributed by atoms with Crippen LogP contribution in [-0.2, 0) is 4.74 Å². The summed E-state index contributed by atoms with van der Waals surface area (Å²) >= 11 is 5.77. The smallest absolute Gasteiger partial charge is 0.254 e. The van der Waals surface area contributed by atoms with Crippen molar-refractivity contribution in [2.45, 2.75) is 19.1 Å². The van der Waals surface area contributed by atoms with Crippen LogP contribution in [0.4, 0.5) is 0 Å². The van der Waals surface area contributed by atoms with E-state index in [4.69, 9.17) is 16.3 Å². The summed E-state index contributed by atoms with van der Waals surface area (Å²) in [6, 6.07) is 3.52. The lowest BCUT2D eigenvalue weighted by molar-refractivity contribution is -0.0371. The number of halogens is 1. The second-order valence-corrected chi connectivity index (χ2v) is 4.46. The van der Waals surface area contributed by atoms with Crippen LogP contribution in [0.3, 0.4) is 0 Å². The fourth-order valence-corrected chi connectivity index (χ4v) is 2.04. The van der Waals surface area contributed by atoms with Crippen LogP contribution in [-0.4, -0.2) is 47.0 Å². The molecule has 0 bridgehead atoms. The van der Waals surface area contributed by atoms with Gasteiger partial charge in [-0.15, -0.1) is 11.6 Å². The molecular formula is C12H15ClN2O2. The maximum atomic E-state index is 12.3. The van der Waals surface area contributed by atoms with Crippen molar-refractivity contribution in [1.29, 1.82) is 0 Å². The van der Waals surface area contributed by atoms with Gasteiger partial charge < -0.3 is 9.64 Å². The topological polar surface area (TPSA) is 42.4 Å². The number of carbonyl (C=O) groups is 1. The molecule has 1 aliphatic heterocycles. The van der Waals surface area contributed by atoms with Gasteiger partial charge in [0.2, 0.25) is 0 Å². The molecule has 2 unspecified atom stereocenters. The zero-order valence-electron chi connectivity index (χ0n) is 9.67. The molecule has 2 heterocycles. The molecular weight excluding hydrogens is 240 g/mol. The first-order chi connectivity index (χ1) is 8.22. The predicted octanol–water partition coefficient (Wildman–Crippen LogP) is 1.55. The SMILES string of the molecule is CC1COC(CCl)CN1C(=O)c1ccncc1. The molecule has 0 aromatic carbocycles. The molecule has 2 atom stereocenters. The molecule has 2 rings (SSSR count). The van der Waals surface area contributed by atoms with E-state index in [0.29, 0.717) is 24.6 Å². The number of hydrogen-bond acceptors (Lipinski definition) is 3. The summed E-state index contributed by atoms with van der Waals surface area (Å²) in [6.07, 6.45) is 3.17. The maximum Gasteiger partial charge on any atom is 0.254 e. The summed E-state index contributed by atoms with van der Waals surface area (Å²) in [5.74, 6) is 0.422. The lowest BCUT2D eigenvalue weighted by Crippen LogP contribution is -2.51. The Bertz CT molecular complexity index is 385. The van der Waals surface area contributed by atoms with E-state index in [9.17, 15) is 4.79 Å². The Morgan fingerprint density at radius 3 is 2.94 bits per heavy atom. The van der Waals surface area contributed by atoms with Crippen LogP contribution in [0.2, 0.25) is 0 Å². The molecule has 4 nitrogen and oxygen atoms in total. The molecule has 92 valence electrons. The van der Waals surface area contributed by atoms with Crippen LogP contribution < -0.4 is 0 Å². The first kappa shape index (κ1) is 12.3. The Kier molecular flexibility index (Phi) is 3.97. The van der Waals surface area contributed by atoms with Crippen molar-refractivity contribution in [2.24, 2.45) is 0 Å². The molecule has 0 N–H and O–H groups in total. The van der Waals surface area contributed by atoms with E-state index in [1.807, 2.05) is 11.8 Å². The number of pyridine rings is 1. The van der Waals surface area contributed by atoms with E-state index in [1.54, 1.807) is 24.5 Å².